The van der Waals surface area contributed by atoms with E-state index in [1.807, 2.05) is 37.4 Å². The first kappa shape index (κ1) is 14.1. The largest absolute Gasteiger partial charge is 0.388 e. The van der Waals surface area contributed by atoms with Crippen LogP contribution in [0.4, 0.5) is 5.69 Å². The molecule has 0 atom stereocenters. The number of hydrogen-bond donors (Lipinski definition) is 2. The molecule has 0 aliphatic carbocycles. The highest BCUT2D eigenvalue weighted by atomic mass is 16.1. The van der Waals surface area contributed by atoms with E-state index < -0.39 is 0 Å². The summed E-state index contributed by atoms with van der Waals surface area (Å²) in [5.41, 5.74) is 5.30. The van der Waals surface area contributed by atoms with Crippen LogP contribution >= 0.6 is 0 Å². The van der Waals surface area contributed by atoms with Gasteiger partial charge in [0.25, 0.3) is 5.91 Å². The molecule has 0 bridgehead atoms. The number of hydrogen-bond acceptors (Lipinski definition) is 2. The second-order valence-electron chi connectivity index (χ2n) is 4.93. The fourth-order valence-corrected chi connectivity index (χ4v) is 1.99. The monoisotopic (exact) mass is 268 g/mol. The third-order valence-electron chi connectivity index (χ3n) is 3.46. The molecule has 2 aromatic carbocycles. The number of carbonyl (C=O) groups is 1. The molecule has 0 aliphatic heterocycles. The third-order valence-corrected chi connectivity index (χ3v) is 3.46. The molecule has 0 radical (unpaired) electrons. The minimum atomic E-state index is -0.0501. The summed E-state index contributed by atoms with van der Waals surface area (Å²) < 4.78 is 0. The van der Waals surface area contributed by atoms with Crippen LogP contribution < -0.4 is 10.6 Å². The van der Waals surface area contributed by atoms with Crippen LogP contribution in [-0.2, 0) is 6.54 Å². The zero-order valence-corrected chi connectivity index (χ0v) is 12.2. The van der Waals surface area contributed by atoms with Crippen molar-refractivity contribution in [3.8, 4) is 0 Å². The number of anilines is 1. The van der Waals surface area contributed by atoms with Gasteiger partial charge in [-0.2, -0.15) is 0 Å². The van der Waals surface area contributed by atoms with Gasteiger partial charge in [-0.15, -0.1) is 0 Å². The van der Waals surface area contributed by atoms with Crippen LogP contribution in [0.3, 0.4) is 0 Å². The molecule has 2 N–H and O–H groups in total. The molecule has 0 unspecified atom stereocenters. The Morgan fingerprint density at radius 1 is 1.00 bits per heavy atom. The minimum Gasteiger partial charge on any atom is -0.388 e. The van der Waals surface area contributed by atoms with Gasteiger partial charge in [-0.25, -0.2) is 0 Å². The number of carbonyl (C=O) groups excluding carboxylic acids is 1. The van der Waals surface area contributed by atoms with Crippen LogP contribution in [0.15, 0.2) is 42.5 Å². The van der Waals surface area contributed by atoms with Gasteiger partial charge in [-0.1, -0.05) is 18.2 Å². The Morgan fingerprint density at radius 2 is 1.70 bits per heavy atom. The molecule has 20 heavy (non-hydrogen) atoms. The van der Waals surface area contributed by atoms with Gasteiger partial charge in [0.2, 0.25) is 0 Å². The van der Waals surface area contributed by atoms with Crippen molar-refractivity contribution in [2.75, 3.05) is 12.4 Å². The number of nitrogens with one attached hydrogen (secondary N) is 2. The van der Waals surface area contributed by atoms with E-state index in [0.29, 0.717) is 12.1 Å². The molecule has 3 nitrogen and oxygen atoms in total. The molecule has 0 spiro atoms. The first-order chi connectivity index (χ1) is 9.60. The van der Waals surface area contributed by atoms with Crippen molar-refractivity contribution in [1.29, 1.82) is 0 Å². The first-order valence-electron chi connectivity index (χ1n) is 6.72. The Balaban J connectivity index is 1.98. The van der Waals surface area contributed by atoms with Crippen molar-refractivity contribution in [1.82, 2.24) is 5.32 Å². The molecule has 0 aliphatic rings. The number of aryl methyl sites for hydroxylation is 2. The first-order valence-corrected chi connectivity index (χ1v) is 6.72. The van der Waals surface area contributed by atoms with Gasteiger partial charge in [-0.05, 0) is 54.8 Å². The second kappa shape index (κ2) is 6.24. The summed E-state index contributed by atoms with van der Waals surface area (Å²) in [5.74, 6) is -0.0501. The summed E-state index contributed by atoms with van der Waals surface area (Å²) in [6.07, 6.45) is 0. The van der Waals surface area contributed by atoms with E-state index in [-0.39, 0.29) is 5.91 Å². The summed E-state index contributed by atoms with van der Waals surface area (Å²) in [4.78, 5) is 12.0. The number of benzene rings is 2. The van der Waals surface area contributed by atoms with Crippen LogP contribution in [0, 0.1) is 13.8 Å². The summed E-state index contributed by atoms with van der Waals surface area (Å²) in [6, 6.07) is 13.7. The molecule has 0 heterocycles. The normalized spacial score (nSPS) is 10.2. The van der Waals surface area contributed by atoms with E-state index >= 15 is 0 Å². The Labute approximate surface area is 120 Å². The zero-order chi connectivity index (χ0) is 14.5. The van der Waals surface area contributed by atoms with Gasteiger partial charge in [0.1, 0.15) is 0 Å². The standard InChI is InChI=1S/C17H20N2O/c1-12-4-5-14(10-13(12)2)11-19-17(20)15-6-8-16(18-3)9-7-15/h4-10,18H,11H2,1-3H3,(H,19,20). The molecule has 0 saturated heterocycles. The van der Waals surface area contributed by atoms with Crippen molar-refractivity contribution in [3.05, 3.63) is 64.7 Å². The average molecular weight is 268 g/mol. The maximum absolute atomic E-state index is 12.0. The van der Waals surface area contributed by atoms with Crippen LogP contribution in [-0.4, -0.2) is 13.0 Å². The van der Waals surface area contributed by atoms with Crippen LogP contribution in [0.2, 0.25) is 0 Å². The molecular weight excluding hydrogens is 248 g/mol. The van der Waals surface area contributed by atoms with E-state index in [2.05, 4.69) is 36.6 Å². The molecule has 0 aromatic heterocycles. The van der Waals surface area contributed by atoms with Gasteiger partial charge in [0, 0.05) is 24.8 Å². The number of rotatable bonds is 4. The van der Waals surface area contributed by atoms with Crippen LogP contribution in [0.1, 0.15) is 27.0 Å². The minimum absolute atomic E-state index is 0.0501. The highest BCUT2D eigenvalue weighted by molar-refractivity contribution is 5.94. The van der Waals surface area contributed by atoms with E-state index in [1.165, 1.54) is 11.1 Å². The highest BCUT2D eigenvalue weighted by Gasteiger charge is 2.05. The highest BCUT2D eigenvalue weighted by Crippen LogP contribution is 2.11. The molecule has 2 aromatic rings. The predicted molar refractivity (Wildman–Crippen MR) is 83.1 cm³/mol. The maximum atomic E-state index is 12.0. The summed E-state index contributed by atoms with van der Waals surface area (Å²) in [7, 11) is 1.86. The Bertz CT molecular complexity index is 603. The van der Waals surface area contributed by atoms with Gasteiger partial charge < -0.3 is 10.6 Å². The fraction of sp³-hybridized carbons (Fsp3) is 0.235. The Hall–Kier alpha value is -2.29. The fourth-order valence-electron chi connectivity index (χ4n) is 1.99. The lowest BCUT2D eigenvalue weighted by molar-refractivity contribution is 0.0951. The summed E-state index contributed by atoms with van der Waals surface area (Å²) >= 11 is 0. The Morgan fingerprint density at radius 3 is 2.30 bits per heavy atom. The summed E-state index contributed by atoms with van der Waals surface area (Å²) in [5, 5.41) is 5.97. The SMILES string of the molecule is CNc1ccc(C(=O)NCc2ccc(C)c(C)c2)cc1. The quantitative estimate of drug-likeness (QED) is 0.893. The zero-order valence-electron chi connectivity index (χ0n) is 12.2. The topological polar surface area (TPSA) is 41.1 Å². The van der Waals surface area contributed by atoms with Gasteiger partial charge in [-0.3, -0.25) is 4.79 Å². The third kappa shape index (κ3) is 3.38. The van der Waals surface area contributed by atoms with Crippen molar-refractivity contribution in [3.63, 3.8) is 0 Å². The molecule has 104 valence electrons. The van der Waals surface area contributed by atoms with E-state index in [4.69, 9.17) is 0 Å². The van der Waals surface area contributed by atoms with E-state index in [0.717, 1.165) is 11.3 Å². The van der Waals surface area contributed by atoms with Gasteiger partial charge >= 0.3 is 0 Å². The smallest absolute Gasteiger partial charge is 0.251 e. The van der Waals surface area contributed by atoms with Crippen molar-refractivity contribution >= 4 is 11.6 Å². The van der Waals surface area contributed by atoms with E-state index in [9.17, 15) is 4.79 Å². The van der Waals surface area contributed by atoms with Crippen molar-refractivity contribution < 1.29 is 4.79 Å². The van der Waals surface area contributed by atoms with E-state index in [1.54, 1.807) is 0 Å². The van der Waals surface area contributed by atoms with Gasteiger partial charge in [0.05, 0.1) is 0 Å². The Kier molecular flexibility index (Phi) is 4.41. The molecule has 2 rings (SSSR count). The predicted octanol–water partition coefficient (Wildman–Crippen LogP) is 3.28. The average Bonchev–Trinajstić information content (AvgIpc) is 2.48. The van der Waals surface area contributed by atoms with Crippen molar-refractivity contribution in [2.24, 2.45) is 0 Å². The maximum Gasteiger partial charge on any atom is 0.251 e. The van der Waals surface area contributed by atoms with Crippen LogP contribution in [0.5, 0.6) is 0 Å². The number of amides is 1. The van der Waals surface area contributed by atoms with Gasteiger partial charge in [0.15, 0.2) is 0 Å². The van der Waals surface area contributed by atoms with Crippen molar-refractivity contribution in [2.45, 2.75) is 20.4 Å². The van der Waals surface area contributed by atoms with Crippen LogP contribution in [0.25, 0.3) is 0 Å². The molecule has 1 amide bonds. The molecule has 0 fully saturated rings. The second-order valence-corrected chi connectivity index (χ2v) is 4.93. The molecule has 3 heteroatoms. The lowest BCUT2D eigenvalue weighted by Crippen LogP contribution is -2.22. The lowest BCUT2D eigenvalue weighted by Gasteiger charge is -2.08. The molecular formula is C17H20N2O. The molecule has 0 saturated carbocycles. The lowest BCUT2D eigenvalue weighted by atomic mass is 10.1. The summed E-state index contributed by atoms with van der Waals surface area (Å²) in [6.45, 7) is 4.71.